The molecule has 2 aromatic rings. The van der Waals surface area contributed by atoms with Gasteiger partial charge in [-0.05, 0) is 50.1 Å². The number of benzene rings is 2. The standard InChI is InChI=1S/C24H36N4.Ni/c1-3-9-23(10-4-1)21-27-17-7-13-25-15-16-26-14-8-18-28(20-19-27)22-24-11-5-2-6-12-24;/h1-6,9-12,25-26H,7-8,13-22H2;. The van der Waals surface area contributed by atoms with Crippen molar-refractivity contribution in [2.24, 2.45) is 0 Å². The van der Waals surface area contributed by atoms with Crippen LogP contribution in [-0.2, 0) is 29.6 Å². The summed E-state index contributed by atoms with van der Waals surface area (Å²) in [5, 5.41) is 7.13. The number of nitrogens with zero attached hydrogens (tertiary/aromatic N) is 2. The van der Waals surface area contributed by atoms with Crippen molar-refractivity contribution >= 4 is 0 Å². The predicted molar refractivity (Wildman–Crippen MR) is 118 cm³/mol. The SMILES string of the molecule is [Ni].c1ccc(CN2CCCNCCNCCCN(Cc3ccccc3)CC2)cc1. The van der Waals surface area contributed by atoms with Gasteiger partial charge in [0.25, 0.3) is 0 Å². The van der Waals surface area contributed by atoms with Gasteiger partial charge in [-0.3, -0.25) is 9.80 Å². The Morgan fingerprint density at radius 2 is 0.966 bits per heavy atom. The molecular formula is C24H36N4Ni. The first-order chi connectivity index (χ1) is 13.9. The minimum Gasteiger partial charge on any atom is -0.315 e. The van der Waals surface area contributed by atoms with Crippen LogP contribution in [0.1, 0.15) is 24.0 Å². The summed E-state index contributed by atoms with van der Waals surface area (Å²) in [6.45, 7) is 10.9. The van der Waals surface area contributed by atoms with Gasteiger partial charge in [0.05, 0.1) is 0 Å². The van der Waals surface area contributed by atoms with Crippen molar-refractivity contribution in [3.05, 3.63) is 71.8 Å². The van der Waals surface area contributed by atoms with Gasteiger partial charge in [-0.2, -0.15) is 0 Å². The Bertz CT molecular complexity index is 580. The van der Waals surface area contributed by atoms with Gasteiger partial charge in [-0.1, -0.05) is 60.7 Å². The fraction of sp³-hybridized carbons (Fsp3) is 0.500. The fourth-order valence-corrected chi connectivity index (χ4v) is 3.79. The van der Waals surface area contributed by atoms with Crippen molar-refractivity contribution in [3.8, 4) is 0 Å². The second-order valence-corrected chi connectivity index (χ2v) is 7.73. The third kappa shape index (κ3) is 9.88. The van der Waals surface area contributed by atoms with Gasteiger partial charge in [-0.25, -0.2) is 0 Å². The van der Waals surface area contributed by atoms with Gasteiger partial charge in [0, 0.05) is 55.8 Å². The molecule has 0 amide bonds. The minimum atomic E-state index is 0. The summed E-state index contributed by atoms with van der Waals surface area (Å²) < 4.78 is 0. The van der Waals surface area contributed by atoms with E-state index in [-0.39, 0.29) is 16.5 Å². The van der Waals surface area contributed by atoms with E-state index in [2.05, 4.69) is 81.1 Å². The zero-order valence-electron chi connectivity index (χ0n) is 17.5. The Hall–Kier alpha value is -1.23. The van der Waals surface area contributed by atoms with Crippen LogP contribution in [0.25, 0.3) is 0 Å². The molecule has 1 aliphatic rings. The maximum Gasteiger partial charge on any atom is 0.0234 e. The monoisotopic (exact) mass is 438 g/mol. The zero-order valence-corrected chi connectivity index (χ0v) is 18.5. The molecule has 1 aliphatic heterocycles. The van der Waals surface area contributed by atoms with E-state index in [1.807, 2.05) is 0 Å². The Kier molecular flexibility index (Phi) is 12.2. The smallest absolute Gasteiger partial charge is 0.0234 e. The van der Waals surface area contributed by atoms with Crippen LogP contribution in [0.3, 0.4) is 0 Å². The molecule has 29 heavy (non-hydrogen) atoms. The average Bonchev–Trinajstić information content (AvgIpc) is 2.73. The normalized spacial score (nSPS) is 18.5. The summed E-state index contributed by atoms with van der Waals surface area (Å²) >= 11 is 0. The van der Waals surface area contributed by atoms with E-state index in [9.17, 15) is 0 Å². The van der Waals surface area contributed by atoms with Crippen LogP contribution in [-0.4, -0.2) is 62.2 Å². The van der Waals surface area contributed by atoms with Crippen LogP contribution < -0.4 is 10.6 Å². The molecule has 1 saturated heterocycles. The van der Waals surface area contributed by atoms with E-state index in [1.165, 1.54) is 24.0 Å². The third-order valence-corrected chi connectivity index (χ3v) is 5.36. The van der Waals surface area contributed by atoms with Gasteiger partial charge in [0.15, 0.2) is 0 Å². The molecule has 0 aromatic heterocycles. The molecule has 1 fully saturated rings. The molecule has 3 rings (SSSR count). The van der Waals surface area contributed by atoms with Gasteiger partial charge in [0.2, 0.25) is 0 Å². The number of nitrogens with one attached hydrogen (secondary N) is 2. The van der Waals surface area contributed by atoms with Gasteiger partial charge in [-0.15, -0.1) is 0 Å². The van der Waals surface area contributed by atoms with E-state index in [0.717, 1.165) is 65.4 Å². The second-order valence-electron chi connectivity index (χ2n) is 7.73. The third-order valence-electron chi connectivity index (χ3n) is 5.36. The molecule has 0 saturated carbocycles. The van der Waals surface area contributed by atoms with E-state index < -0.39 is 0 Å². The summed E-state index contributed by atoms with van der Waals surface area (Å²) in [6.07, 6.45) is 2.40. The van der Waals surface area contributed by atoms with Crippen LogP contribution in [0.2, 0.25) is 0 Å². The quantitative estimate of drug-likeness (QED) is 0.718. The van der Waals surface area contributed by atoms with Crippen molar-refractivity contribution in [2.45, 2.75) is 25.9 Å². The first kappa shape index (κ1) is 24.0. The molecule has 0 bridgehead atoms. The molecule has 162 valence electrons. The van der Waals surface area contributed by atoms with Crippen molar-refractivity contribution in [2.75, 3.05) is 52.4 Å². The molecule has 0 unspecified atom stereocenters. The maximum absolute atomic E-state index is 3.57. The summed E-state index contributed by atoms with van der Waals surface area (Å²) in [4.78, 5) is 5.25. The molecule has 2 aromatic carbocycles. The molecule has 0 atom stereocenters. The number of rotatable bonds is 4. The first-order valence-electron chi connectivity index (χ1n) is 10.8. The Labute approximate surface area is 187 Å². The largest absolute Gasteiger partial charge is 0.315 e. The van der Waals surface area contributed by atoms with Crippen molar-refractivity contribution in [1.29, 1.82) is 0 Å². The Morgan fingerprint density at radius 1 is 0.552 bits per heavy atom. The van der Waals surface area contributed by atoms with E-state index in [4.69, 9.17) is 0 Å². The molecule has 0 aliphatic carbocycles. The fourth-order valence-electron chi connectivity index (χ4n) is 3.79. The molecule has 0 radical (unpaired) electrons. The summed E-state index contributed by atoms with van der Waals surface area (Å²) in [7, 11) is 0. The van der Waals surface area contributed by atoms with Crippen LogP contribution in [0.5, 0.6) is 0 Å². The van der Waals surface area contributed by atoms with E-state index in [1.54, 1.807) is 0 Å². The van der Waals surface area contributed by atoms with Gasteiger partial charge < -0.3 is 10.6 Å². The number of hydrogen-bond donors (Lipinski definition) is 2. The van der Waals surface area contributed by atoms with Crippen molar-refractivity contribution < 1.29 is 16.5 Å². The topological polar surface area (TPSA) is 30.5 Å². The maximum atomic E-state index is 3.57. The summed E-state index contributed by atoms with van der Waals surface area (Å²) in [5.41, 5.74) is 2.82. The summed E-state index contributed by atoms with van der Waals surface area (Å²) in [6, 6.07) is 21.8. The molecular weight excluding hydrogens is 403 g/mol. The number of hydrogen-bond acceptors (Lipinski definition) is 4. The van der Waals surface area contributed by atoms with E-state index >= 15 is 0 Å². The molecule has 5 heteroatoms. The van der Waals surface area contributed by atoms with Crippen molar-refractivity contribution in [1.82, 2.24) is 20.4 Å². The second kappa shape index (κ2) is 14.7. The predicted octanol–water partition coefficient (Wildman–Crippen LogP) is 2.96. The first-order valence-corrected chi connectivity index (χ1v) is 10.8. The van der Waals surface area contributed by atoms with E-state index in [0.29, 0.717) is 0 Å². The summed E-state index contributed by atoms with van der Waals surface area (Å²) in [5.74, 6) is 0. The Morgan fingerprint density at radius 3 is 1.38 bits per heavy atom. The average molecular weight is 439 g/mol. The molecule has 1 heterocycles. The molecule has 4 nitrogen and oxygen atoms in total. The van der Waals surface area contributed by atoms with Crippen LogP contribution in [0.4, 0.5) is 0 Å². The van der Waals surface area contributed by atoms with Crippen LogP contribution in [0.15, 0.2) is 60.7 Å². The Balaban J connectivity index is 0.00000300. The zero-order chi connectivity index (χ0) is 19.3. The van der Waals surface area contributed by atoms with Crippen LogP contribution >= 0.6 is 0 Å². The molecule has 0 spiro atoms. The minimum absolute atomic E-state index is 0. The van der Waals surface area contributed by atoms with Gasteiger partial charge >= 0.3 is 0 Å². The van der Waals surface area contributed by atoms with Crippen molar-refractivity contribution in [3.63, 3.8) is 0 Å². The molecule has 2 N–H and O–H groups in total. The van der Waals surface area contributed by atoms with Gasteiger partial charge in [0.1, 0.15) is 0 Å². The van der Waals surface area contributed by atoms with Crippen LogP contribution in [0, 0.1) is 0 Å².